The normalized spacial score (nSPS) is 12.8. The van der Waals surface area contributed by atoms with E-state index >= 15 is 0 Å². The average Bonchev–Trinajstić information content (AvgIpc) is 2.65. The van der Waals surface area contributed by atoms with Crippen molar-refractivity contribution in [2.45, 2.75) is 25.4 Å². The number of amides is 2. The molecule has 0 aliphatic rings. The fourth-order valence-corrected chi connectivity index (χ4v) is 2.57. The van der Waals surface area contributed by atoms with Crippen LogP contribution >= 0.6 is 0 Å². The highest BCUT2D eigenvalue weighted by Gasteiger charge is 2.21. The fraction of sp³-hybridized carbons (Fsp3) is 0.350. The highest BCUT2D eigenvalue weighted by atomic mass is 16.5. The Morgan fingerprint density at radius 3 is 2.46 bits per heavy atom. The Balaban J connectivity index is 1.88. The molecule has 140 valence electrons. The summed E-state index contributed by atoms with van der Waals surface area (Å²) in [6.45, 7) is 1.85. The number of methoxy groups -OCH3 is 2. The van der Waals surface area contributed by atoms with Crippen molar-refractivity contribution in [3.8, 4) is 11.5 Å². The number of urea groups is 1. The minimum atomic E-state index is -1.01. The highest BCUT2D eigenvalue weighted by molar-refractivity contribution is 5.91. The quantitative estimate of drug-likeness (QED) is 0.677. The first-order chi connectivity index (χ1) is 12.4. The smallest absolute Gasteiger partial charge is 0.319 e. The number of anilines is 1. The summed E-state index contributed by atoms with van der Waals surface area (Å²) in [5.74, 6) is 0.973. The zero-order chi connectivity index (χ0) is 19.0. The summed E-state index contributed by atoms with van der Waals surface area (Å²) in [4.78, 5) is 12.2. The van der Waals surface area contributed by atoms with Crippen molar-refractivity contribution in [2.75, 3.05) is 26.1 Å². The van der Waals surface area contributed by atoms with Gasteiger partial charge in [-0.15, -0.1) is 0 Å². The van der Waals surface area contributed by atoms with E-state index in [0.717, 1.165) is 12.0 Å². The Morgan fingerprint density at radius 1 is 1.08 bits per heavy atom. The van der Waals surface area contributed by atoms with Gasteiger partial charge in [-0.1, -0.05) is 36.4 Å². The number of hydrogen-bond donors (Lipinski definition) is 3. The molecule has 1 unspecified atom stereocenters. The van der Waals surface area contributed by atoms with E-state index < -0.39 is 11.6 Å². The maximum absolute atomic E-state index is 12.2. The van der Waals surface area contributed by atoms with Gasteiger partial charge in [0.15, 0.2) is 11.5 Å². The fourth-order valence-electron chi connectivity index (χ4n) is 2.57. The van der Waals surface area contributed by atoms with Crippen LogP contribution in [0.25, 0.3) is 0 Å². The van der Waals surface area contributed by atoms with Gasteiger partial charge >= 0.3 is 6.03 Å². The molecule has 1 atom stereocenters. The second-order valence-corrected chi connectivity index (χ2v) is 6.33. The maximum Gasteiger partial charge on any atom is 0.319 e. The van der Waals surface area contributed by atoms with E-state index in [-0.39, 0.29) is 6.54 Å². The first-order valence-corrected chi connectivity index (χ1v) is 8.47. The van der Waals surface area contributed by atoms with Crippen molar-refractivity contribution in [1.29, 1.82) is 0 Å². The molecule has 0 aliphatic carbocycles. The van der Waals surface area contributed by atoms with E-state index in [9.17, 15) is 9.90 Å². The monoisotopic (exact) mass is 358 g/mol. The van der Waals surface area contributed by atoms with Crippen molar-refractivity contribution >= 4 is 11.7 Å². The van der Waals surface area contributed by atoms with Crippen molar-refractivity contribution < 1.29 is 19.4 Å². The molecule has 0 spiro atoms. The summed E-state index contributed by atoms with van der Waals surface area (Å²) < 4.78 is 10.5. The van der Waals surface area contributed by atoms with Crippen LogP contribution in [0.5, 0.6) is 11.5 Å². The van der Waals surface area contributed by atoms with Gasteiger partial charge in [-0.3, -0.25) is 0 Å². The zero-order valence-corrected chi connectivity index (χ0v) is 15.4. The number of carbonyl (C=O) groups is 1. The average molecular weight is 358 g/mol. The molecule has 6 nitrogen and oxygen atoms in total. The number of hydrogen-bond acceptors (Lipinski definition) is 4. The number of carbonyl (C=O) groups excluding carboxylic acids is 1. The molecule has 3 N–H and O–H groups in total. The van der Waals surface area contributed by atoms with E-state index in [1.54, 1.807) is 25.1 Å². The maximum atomic E-state index is 12.2. The Bertz CT molecular complexity index is 717. The molecule has 0 heterocycles. The van der Waals surface area contributed by atoms with Crippen molar-refractivity contribution in [2.24, 2.45) is 0 Å². The van der Waals surface area contributed by atoms with E-state index in [2.05, 4.69) is 10.6 Å². The van der Waals surface area contributed by atoms with Crippen LogP contribution in [0, 0.1) is 0 Å². The van der Waals surface area contributed by atoms with Gasteiger partial charge in [-0.25, -0.2) is 4.79 Å². The third-order valence-corrected chi connectivity index (χ3v) is 4.08. The van der Waals surface area contributed by atoms with Gasteiger partial charge in [0.25, 0.3) is 0 Å². The summed E-state index contributed by atoms with van der Waals surface area (Å²) >= 11 is 0. The number of aliphatic hydroxyl groups is 1. The van der Waals surface area contributed by atoms with E-state index in [4.69, 9.17) is 9.47 Å². The van der Waals surface area contributed by atoms with Gasteiger partial charge in [-0.2, -0.15) is 0 Å². The van der Waals surface area contributed by atoms with Crippen LogP contribution in [0.2, 0.25) is 0 Å². The topological polar surface area (TPSA) is 79.8 Å². The molecule has 0 saturated carbocycles. The number of benzene rings is 2. The molecule has 2 aromatic rings. The molecule has 0 fully saturated rings. The van der Waals surface area contributed by atoms with Crippen molar-refractivity contribution in [3.63, 3.8) is 0 Å². The van der Waals surface area contributed by atoms with Gasteiger partial charge in [0.2, 0.25) is 0 Å². The molecule has 0 radical (unpaired) electrons. The summed E-state index contributed by atoms with van der Waals surface area (Å²) in [5.41, 5.74) is 0.637. The number of ether oxygens (including phenoxy) is 2. The molecule has 0 aliphatic heterocycles. The minimum absolute atomic E-state index is 0.137. The molecule has 2 amide bonds. The van der Waals surface area contributed by atoms with Crippen molar-refractivity contribution in [3.05, 3.63) is 54.1 Å². The van der Waals surface area contributed by atoms with Crippen LogP contribution in [-0.2, 0) is 6.42 Å². The molecule has 0 saturated heterocycles. The molecule has 2 aromatic carbocycles. The lowest BCUT2D eigenvalue weighted by atomic mass is 9.97. The summed E-state index contributed by atoms with van der Waals surface area (Å²) in [6.07, 6.45) is 1.28. The number of rotatable bonds is 8. The molecular formula is C20H26N2O4. The van der Waals surface area contributed by atoms with Crippen LogP contribution in [-0.4, -0.2) is 37.5 Å². The SMILES string of the molecule is COc1cccc(NC(=O)NCC(C)(O)CCc2ccccc2)c1OC. The standard InChI is InChI=1S/C20H26N2O4/c1-20(24,13-12-15-8-5-4-6-9-15)14-21-19(23)22-16-10-7-11-17(25-2)18(16)26-3/h4-11,24H,12-14H2,1-3H3,(H2,21,22,23). The highest BCUT2D eigenvalue weighted by Crippen LogP contribution is 2.34. The lowest BCUT2D eigenvalue weighted by Crippen LogP contribution is -2.42. The number of nitrogens with one attached hydrogen (secondary N) is 2. The number of aryl methyl sites for hydroxylation is 1. The molecule has 0 bridgehead atoms. The lowest BCUT2D eigenvalue weighted by molar-refractivity contribution is 0.0539. The summed E-state index contributed by atoms with van der Waals surface area (Å²) in [6, 6.07) is 14.7. The first-order valence-electron chi connectivity index (χ1n) is 8.47. The van der Waals surface area contributed by atoms with Crippen molar-refractivity contribution in [1.82, 2.24) is 5.32 Å². The van der Waals surface area contributed by atoms with Crippen LogP contribution in [0.4, 0.5) is 10.5 Å². The molecule has 0 aromatic heterocycles. The Labute approximate surface area is 154 Å². The third-order valence-electron chi connectivity index (χ3n) is 4.08. The van der Waals surface area contributed by atoms with Gasteiger partial charge in [0.1, 0.15) is 0 Å². The van der Waals surface area contributed by atoms with E-state index in [1.807, 2.05) is 30.3 Å². The molecule has 2 rings (SSSR count). The lowest BCUT2D eigenvalue weighted by Gasteiger charge is -2.24. The predicted molar refractivity (Wildman–Crippen MR) is 102 cm³/mol. The Kier molecular flexibility index (Phi) is 6.86. The van der Waals surface area contributed by atoms with Gasteiger partial charge < -0.3 is 25.2 Å². The van der Waals surface area contributed by atoms with Gasteiger partial charge in [0.05, 0.1) is 25.5 Å². The zero-order valence-electron chi connectivity index (χ0n) is 15.4. The van der Waals surface area contributed by atoms with Crippen LogP contribution in [0.1, 0.15) is 18.9 Å². The summed E-state index contributed by atoms with van der Waals surface area (Å²) in [5, 5.41) is 15.9. The van der Waals surface area contributed by atoms with Crippen LogP contribution < -0.4 is 20.1 Å². The number of para-hydroxylation sites is 1. The Hall–Kier alpha value is -2.73. The van der Waals surface area contributed by atoms with Gasteiger partial charge in [-0.05, 0) is 37.5 Å². The predicted octanol–water partition coefficient (Wildman–Crippen LogP) is 3.21. The molecule has 6 heteroatoms. The van der Waals surface area contributed by atoms with E-state index in [0.29, 0.717) is 23.6 Å². The largest absolute Gasteiger partial charge is 0.493 e. The Morgan fingerprint density at radius 2 is 1.81 bits per heavy atom. The molecule has 26 heavy (non-hydrogen) atoms. The first kappa shape index (κ1) is 19.6. The van der Waals surface area contributed by atoms with E-state index in [1.165, 1.54) is 14.2 Å². The van der Waals surface area contributed by atoms with Crippen LogP contribution in [0.15, 0.2) is 48.5 Å². The van der Waals surface area contributed by atoms with Crippen LogP contribution in [0.3, 0.4) is 0 Å². The second-order valence-electron chi connectivity index (χ2n) is 6.33. The molecular weight excluding hydrogens is 332 g/mol. The summed E-state index contributed by atoms with van der Waals surface area (Å²) in [7, 11) is 3.04. The van der Waals surface area contributed by atoms with Gasteiger partial charge in [0, 0.05) is 6.54 Å². The second kappa shape index (κ2) is 9.10. The third kappa shape index (κ3) is 5.67. The minimum Gasteiger partial charge on any atom is -0.493 e.